The lowest BCUT2D eigenvalue weighted by atomic mass is 9.97. The summed E-state index contributed by atoms with van der Waals surface area (Å²) in [5, 5.41) is 15.3. The van der Waals surface area contributed by atoms with Gasteiger partial charge in [-0.2, -0.15) is 13.7 Å². The van der Waals surface area contributed by atoms with Crippen molar-refractivity contribution in [2.24, 2.45) is 5.16 Å². The topological polar surface area (TPSA) is 79.5 Å². The van der Waals surface area contributed by atoms with Crippen molar-refractivity contribution < 1.29 is 12.7 Å². The van der Waals surface area contributed by atoms with Gasteiger partial charge in [-0.3, -0.25) is 4.28 Å². The lowest BCUT2D eigenvalue weighted by molar-refractivity contribution is 0.341. The Morgan fingerprint density at radius 1 is 1.41 bits per heavy atom. The van der Waals surface area contributed by atoms with Gasteiger partial charge in [-0.25, -0.2) is 0 Å². The maximum absolute atomic E-state index is 11.4. The number of aryl methyl sites for hydroxylation is 1. The molecule has 0 radical (unpaired) electrons. The zero-order valence-corrected chi connectivity index (χ0v) is 13.7. The van der Waals surface area contributed by atoms with Gasteiger partial charge >= 0.3 is 10.1 Å². The van der Waals surface area contributed by atoms with E-state index in [9.17, 15) is 13.7 Å². The number of oxime groups is 1. The van der Waals surface area contributed by atoms with Crippen molar-refractivity contribution in [1.29, 1.82) is 5.26 Å². The third-order valence-electron chi connectivity index (χ3n) is 3.03. The fourth-order valence-corrected chi connectivity index (χ4v) is 2.88. The van der Waals surface area contributed by atoms with Gasteiger partial charge in [-0.05, 0) is 36.5 Å². The third kappa shape index (κ3) is 3.59. The largest absolute Gasteiger partial charge is 0.328 e. The van der Waals surface area contributed by atoms with Crippen LogP contribution in [0.25, 0.3) is 5.57 Å². The van der Waals surface area contributed by atoms with E-state index in [-0.39, 0.29) is 5.75 Å². The molecule has 0 saturated carbocycles. The summed E-state index contributed by atoms with van der Waals surface area (Å²) in [6.45, 7) is 3.38. The fraction of sp³-hybridized carbons (Fsp3) is 0.200. The van der Waals surface area contributed by atoms with Crippen LogP contribution in [-0.4, -0.2) is 19.2 Å². The van der Waals surface area contributed by atoms with Crippen LogP contribution >= 0.6 is 11.8 Å². The second kappa shape index (κ2) is 6.81. The first-order valence-electron chi connectivity index (χ1n) is 6.51. The molecule has 1 aromatic rings. The zero-order chi connectivity index (χ0) is 16.2. The number of rotatable bonds is 4. The van der Waals surface area contributed by atoms with Gasteiger partial charge in [0.25, 0.3) is 0 Å². The van der Waals surface area contributed by atoms with E-state index in [1.165, 1.54) is 18.7 Å². The van der Waals surface area contributed by atoms with E-state index in [2.05, 4.69) is 15.5 Å². The van der Waals surface area contributed by atoms with Crippen molar-refractivity contribution >= 4 is 32.5 Å². The third-order valence-corrected chi connectivity index (χ3v) is 4.83. The highest BCUT2D eigenvalue weighted by molar-refractivity contribution is 8.17. The highest BCUT2D eigenvalue weighted by Crippen LogP contribution is 2.32. The van der Waals surface area contributed by atoms with E-state index >= 15 is 0 Å². The second-order valence-electron chi connectivity index (χ2n) is 4.45. The van der Waals surface area contributed by atoms with Crippen LogP contribution in [0, 0.1) is 18.3 Å². The molecule has 1 heterocycles. The molecule has 0 atom stereocenters. The Morgan fingerprint density at radius 2 is 2.14 bits per heavy atom. The Balaban J connectivity index is 2.47. The molecule has 0 unspecified atom stereocenters. The normalized spacial score (nSPS) is 18.3. The van der Waals surface area contributed by atoms with Crippen LogP contribution in [0.5, 0.6) is 0 Å². The van der Waals surface area contributed by atoms with E-state index in [1.54, 1.807) is 11.5 Å². The molecule has 0 aliphatic carbocycles. The van der Waals surface area contributed by atoms with E-state index in [1.807, 2.05) is 31.2 Å². The van der Waals surface area contributed by atoms with Crippen LogP contribution in [0.3, 0.4) is 0 Å². The predicted octanol–water partition coefficient (Wildman–Crippen LogP) is 3.21. The molecular formula is C15H14N2O3S2. The van der Waals surface area contributed by atoms with Gasteiger partial charge in [0.1, 0.15) is 11.1 Å². The summed E-state index contributed by atoms with van der Waals surface area (Å²) < 4.78 is 27.4. The summed E-state index contributed by atoms with van der Waals surface area (Å²) in [6, 6.07) is 9.67. The summed E-state index contributed by atoms with van der Waals surface area (Å²) in [5.74, 6) is -0.163. The second-order valence-corrected chi connectivity index (χ2v) is 7.19. The van der Waals surface area contributed by atoms with Crippen molar-refractivity contribution in [1.82, 2.24) is 0 Å². The molecule has 5 nitrogen and oxygen atoms in total. The fourth-order valence-electron chi connectivity index (χ4n) is 1.82. The van der Waals surface area contributed by atoms with Crippen LogP contribution in [0.4, 0.5) is 0 Å². The standard InChI is InChI=1S/C15H14N2O3S2/c1-3-22(18,19)20-17-15-13(8-9-21-15)14(10-16)12-7-5-4-6-11(12)2/h4-9H,3H2,1-2H3/b14-13-,17-15-. The summed E-state index contributed by atoms with van der Waals surface area (Å²) >= 11 is 1.22. The van der Waals surface area contributed by atoms with E-state index in [0.29, 0.717) is 16.2 Å². The average Bonchev–Trinajstić information content (AvgIpc) is 2.96. The smallest absolute Gasteiger partial charge is 0.267 e. The van der Waals surface area contributed by atoms with Crippen LogP contribution in [-0.2, 0) is 14.4 Å². The molecule has 114 valence electrons. The minimum atomic E-state index is -3.67. The number of benzene rings is 1. The Hall–Kier alpha value is -2.04. The molecule has 0 spiro atoms. The van der Waals surface area contributed by atoms with E-state index in [0.717, 1.165) is 11.1 Å². The first-order valence-corrected chi connectivity index (χ1v) is 8.97. The van der Waals surface area contributed by atoms with Gasteiger partial charge in [-0.15, -0.1) is 0 Å². The van der Waals surface area contributed by atoms with Gasteiger partial charge in [0.05, 0.1) is 11.3 Å². The molecule has 0 saturated heterocycles. The predicted molar refractivity (Wildman–Crippen MR) is 88.4 cm³/mol. The molecular weight excluding hydrogens is 320 g/mol. The molecule has 22 heavy (non-hydrogen) atoms. The highest BCUT2D eigenvalue weighted by Gasteiger charge is 2.20. The Bertz CT molecular complexity index is 815. The molecule has 2 rings (SSSR count). The number of allylic oxidation sites excluding steroid dienone is 2. The van der Waals surface area contributed by atoms with Crippen molar-refractivity contribution in [2.45, 2.75) is 13.8 Å². The van der Waals surface area contributed by atoms with Crippen LogP contribution in [0.2, 0.25) is 0 Å². The van der Waals surface area contributed by atoms with Gasteiger partial charge in [-0.1, -0.05) is 41.2 Å². The lowest BCUT2D eigenvalue weighted by Crippen LogP contribution is -2.06. The monoisotopic (exact) mass is 334 g/mol. The van der Waals surface area contributed by atoms with Crippen LogP contribution < -0.4 is 0 Å². The van der Waals surface area contributed by atoms with Crippen molar-refractivity contribution in [3.63, 3.8) is 0 Å². The molecule has 0 amide bonds. The van der Waals surface area contributed by atoms with Gasteiger partial charge in [0.15, 0.2) is 0 Å². The molecule has 0 aromatic heterocycles. The number of thioether (sulfide) groups is 1. The van der Waals surface area contributed by atoms with Crippen LogP contribution in [0.1, 0.15) is 18.1 Å². The number of hydrogen-bond acceptors (Lipinski definition) is 6. The molecule has 0 N–H and O–H groups in total. The van der Waals surface area contributed by atoms with Gasteiger partial charge in [0, 0.05) is 5.57 Å². The first-order chi connectivity index (χ1) is 10.5. The molecule has 0 fully saturated rings. The van der Waals surface area contributed by atoms with Crippen molar-refractivity contribution in [2.75, 3.05) is 5.75 Å². The van der Waals surface area contributed by atoms with E-state index in [4.69, 9.17) is 0 Å². The quantitative estimate of drug-likeness (QED) is 0.624. The van der Waals surface area contributed by atoms with Crippen molar-refractivity contribution in [3.8, 4) is 6.07 Å². The van der Waals surface area contributed by atoms with Crippen LogP contribution in [0.15, 0.2) is 46.5 Å². The minimum Gasteiger partial charge on any atom is -0.267 e. The van der Waals surface area contributed by atoms with Gasteiger partial charge in [0.2, 0.25) is 0 Å². The Morgan fingerprint density at radius 3 is 2.77 bits per heavy atom. The van der Waals surface area contributed by atoms with E-state index < -0.39 is 10.1 Å². The molecule has 1 aliphatic rings. The minimum absolute atomic E-state index is 0.163. The number of nitriles is 1. The molecule has 0 bridgehead atoms. The summed E-state index contributed by atoms with van der Waals surface area (Å²) in [5.41, 5.74) is 2.75. The van der Waals surface area contributed by atoms with Crippen molar-refractivity contribution in [3.05, 3.63) is 52.4 Å². The maximum atomic E-state index is 11.4. The summed E-state index contributed by atoms with van der Waals surface area (Å²) in [7, 11) is -3.67. The number of nitrogens with zero attached hydrogens (tertiary/aromatic N) is 2. The SMILES string of the molecule is CCS(=O)(=O)O/N=C1\SC=C\C1=C(/C#N)c1ccccc1C. The average molecular weight is 334 g/mol. The summed E-state index contributed by atoms with van der Waals surface area (Å²) in [4.78, 5) is 0. The molecule has 1 aromatic carbocycles. The first kappa shape index (κ1) is 16.3. The molecule has 1 aliphatic heterocycles. The number of hydrogen-bond donors (Lipinski definition) is 0. The zero-order valence-electron chi connectivity index (χ0n) is 12.1. The Labute approximate surface area is 134 Å². The Kier molecular flexibility index (Phi) is 5.06. The summed E-state index contributed by atoms with van der Waals surface area (Å²) in [6.07, 6.45) is 1.73. The lowest BCUT2D eigenvalue weighted by Gasteiger charge is -2.07. The highest BCUT2D eigenvalue weighted by atomic mass is 32.2. The molecule has 7 heteroatoms. The van der Waals surface area contributed by atoms with Gasteiger partial charge < -0.3 is 0 Å². The maximum Gasteiger partial charge on any atom is 0.328 e.